The summed E-state index contributed by atoms with van der Waals surface area (Å²) in [5.41, 5.74) is -0.0384. The van der Waals surface area contributed by atoms with E-state index in [0.29, 0.717) is 43.0 Å². The fourth-order valence-corrected chi connectivity index (χ4v) is 2.56. The van der Waals surface area contributed by atoms with Crippen LogP contribution in [0.15, 0.2) is 24.4 Å². The first-order valence-corrected chi connectivity index (χ1v) is 10.4. The molecule has 0 aromatic carbocycles. The molecule has 2 aromatic heterocycles. The zero-order valence-corrected chi connectivity index (χ0v) is 19.5. The van der Waals surface area contributed by atoms with Crippen molar-refractivity contribution in [3.05, 3.63) is 40.8 Å². The van der Waals surface area contributed by atoms with Crippen molar-refractivity contribution < 1.29 is 28.5 Å². The van der Waals surface area contributed by atoms with Crippen LogP contribution in [0.1, 0.15) is 37.0 Å². The minimum Gasteiger partial charge on any atom is -0.455 e. The second kappa shape index (κ2) is 12.5. The van der Waals surface area contributed by atoms with Crippen molar-refractivity contribution in [3.63, 3.8) is 0 Å². The van der Waals surface area contributed by atoms with Crippen LogP contribution in [0.3, 0.4) is 0 Å². The predicted octanol–water partition coefficient (Wildman–Crippen LogP) is 2.71. The van der Waals surface area contributed by atoms with E-state index in [2.05, 4.69) is 15.4 Å². The number of halogens is 1. The molecule has 1 N–H and O–H groups in total. The number of nitrogens with one attached hydrogen (secondary N) is 1. The maximum atomic E-state index is 12.5. The van der Waals surface area contributed by atoms with Crippen LogP contribution < -0.4 is 5.32 Å². The molecule has 0 bridgehead atoms. The van der Waals surface area contributed by atoms with Crippen molar-refractivity contribution in [2.45, 2.75) is 39.5 Å². The third-order valence-corrected chi connectivity index (χ3v) is 4.04. The standard InChI is InChI=1S/C21H29ClN4O6/c1-21(2,3)32-20(28)17-11-16(14-31-10-9-30-8-7-29-4)26(25-17)13-19(27)24-18-6-5-15(22)12-23-18/h5-6,11-12H,7-10,13-14H2,1-4H3,(H,23,24,27). The van der Waals surface area contributed by atoms with E-state index in [1.165, 1.54) is 10.9 Å². The normalized spacial score (nSPS) is 11.4. The third-order valence-electron chi connectivity index (χ3n) is 3.81. The summed E-state index contributed by atoms with van der Waals surface area (Å²) in [7, 11) is 1.60. The van der Waals surface area contributed by atoms with Gasteiger partial charge < -0.3 is 24.3 Å². The lowest BCUT2D eigenvalue weighted by molar-refractivity contribution is -0.117. The van der Waals surface area contributed by atoms with Crippen LogP contribution in [-0.4, -0.2) is 65.8 Å². The highest BCUT2D eigenvalue weighted by atomic mass is 35.5. The van der Waals surface area contributed by atoms with Crippen LogP contribution >= 0.6 is 11.6 Å². The van der Waals surface area contributed by atoms with E-state index in [1.807, 2.05) is 0 Å². The number of aromatic nitrogens is 3. The summed E-state index contributed by atoms with van der Waals surface area (Å²) in [6.07, 6.45) is 1.43. The van der Waals surface area contributed by atoms with Gasteiger partial charge in [0, 0.05) is 13.3 Å². The summed E-state index contributed by atoms with van der Waals surface area (Å²) in [4.78, 5) is 28.9. The second-order valence-electron chi connectivity index (χ2n) is 7.75. The Morgan fingerprint density at radius 1 is 1.12 bits per heavy atom. The number of rotatable bonds is 12. The molecule has 176 valence electrons. The Hall–Kier alpha value is -2.53. The Balaban J connectivity index is 2.03. The van der Waals surface area contributed by atoms with Crippen LogP contribution in [0.5, 0.6) is 0 Å². The minimum atomic E-state index is -0.672. The molecule has 0 aliphatic rings. The van der Waals surface area contributed by atoms with Crippen molar-refractivity contribution in [1.29, 1.82) is 0 Å². The lowest BCUT2D eigenvalue weighted by Gasteiger charge is -2.18. The van der Waals surface area contributed by atoms with E-state index in [0.717, 1.165) is 0 Å². The Morgan fingerprint density at radius 2 is 1.84 bits per heavy atom. The van der Waals surface area contributed by atoms with Crippen molar-refractivity contribution in [1.82, 2.24) is 14.8 Å². The highest BCUT2D eigenvalue weighted by Gasteiger charge is 2.22. The SMILES string of the molecule is COCCOCCOCc1cc(C(=O)OC(C)(C)C)nn1CC(=O)Nc1ccc(Cl)cn1. The molecule has 10 nitrogen and oxygen atoms in total. The molecule has 0 radical (unpaired) electrons. The van der Waals surface area contributed by atoms with Gasteiger partial charge in [0.25, 0.3) is 0 Å². The molecule has 2 aromatic rings. The zero-order valence-electron chi connectivity index (χ0n) is 18.7. The molecule has 0 aliphatic carbocycles. The quantitative estimate of drug-likeness (QED) is 0.373. The van der Waals surface area contributed by atoms with Crippen LogP contribution in [-0.2, 0) is 36.9 Å². The molecular formula is C21H29ClN4O6. The predicted molar refractivity (Wildman–Crippen MR) is 118 cm³/mol. The van der Waals surface area contributed by atoms with E-state index in [-0.39, 0.29) is 24.8 Å². The van der Waals surface area contributed by atoms with Gasteiger partial charge in [0.1, 0.15) is 18.0 Å². The second-order valence-corrected chi connectivity index (χ2v) is 8.18. The largest absolute Gasteiger partial charge is 0.455 e. The number of esters is 1. The van der Waals surface area contributed by atoms with Gasteiger partial charge in [-0.2, -0.15) is 5.10 Å². The molecule has 32 heavy (non-hydrogen) atoms. The molecule has 0 spiro atoms. The number of nitrogens with zero attached hydrogens (tertiary/aromatic N) is 3. The number of amides is 1. The maximum Gasteiger partial charge on any atom is 0.359 e. The van der Waals surface area contributed by atoms with Gasteiger partial charge in [-0.3, -0.25) is 9.48 Å². The molecule has 2 rings (SSSR count). The van der Waals surface area contributed by atoms with Gasteiger partial charge in [0.2, 0.25) is 5.91 Å². The molecule has 0 saturated heterocycles. The summed E-state index contributed by atoms with van der Waals surface area (Å²) in [6.45, 7) is 6.98. The number of carbonyl (C=O) groups is 2. The molecule has 1 amide bonds. The number of hydrogen-bond acceptors (Lipinski definition) is 8. The Bertz CT molecular complexity index is 879. The van der Waals surface area contributed by atoms with Crippen LogP contribution in [0.4, 0.5) is 5.82 Å². The van der Waals surface area contributed by atoms with Crippen molar-refractivity contribution >= 4 is 29.3 Å². The van der Waals surface area contributed by atoms with E-state index in [9.17, 15) is 9.59 Å². The van der Waals surface area contributed by atoms with Gasteiger partial charge in [0.15, 0.2) is 5.69 Å². The topological polar surface area (TPSA) is 114 Å². The molecule has 11 heteroatoms. The summed E-state index contributed by atoms with van der Waals surface area (Å²) < 4.78 is 22.6. The third kappa shape index (κ3) is 9.31. The van der Waals surface area contributed by atoms with Gasteiger partial charge in [-0.15, -0.1) is 0 Å². The summed E-state index contributed by atoms with van der Waals surface area (Å²) >= 11 is 5.81. The van der Waals surface area contributed by atoms with E-state index in [1.54, 1.807) is 46.1 Å². The average molecular weight is 469 g/mol. The lowest BCUT2D eigenvalue weighted by atomic mass is 10.2. The minimum absolute atomic E-state index is 0.0901. The maximum absolute atomic E-state index is 12.5. The van der Waals surface area contributed by atoms with Crippen molar-refractivity contribution in [3.8, 4) is 0 Å². The summed E-state index contributed by atoms with van der Waals surface area (Å²) in [5, 5.41) is 7.36. The first-order valence-electron chi connectivity index (χ1n) is 10.0. The molecule has 0 saturated carbocycles. The zero-order chi connectivity index (χ0) is 23.6. The summed E-state index contributed by atoms with van der Waals surface area (Å²) in [5.74, 6) is -0.604. The monoisotopic (exact) mass is 468 g/mol. The van der Waals surface area contributed by atoms with Crippen molar-refractivity contribution in [2.75, 3.05) is 38.9 Å². The molecule has 0 atom stereocenters. The lowest BCUT2D eigenvalue weighted by Crippen LogP contribution is -2.25. The van der Waals surface area contributed by atoms with Crippen LogP contribution in [0, 0.1) is 0 Å². The number of anilines is 1. The highest BCUT2D eigenvalue weighted by molar-refractivity contribution is 6.30. The molecule has 0 unspecified atom stereocenters. The van der Waals surface area contributed by atoms with Gasteiger partial charge >= 0.3 is 5.97 Å². The Labute approximate surface area is 192 Å². The number of hydrogen-bond donors (Lipinski definition) is 1. The molecular weight excluding hydrogens is 440 g/mol. The number of carbonyl (C=O) groups excluding carboxylic acids is 2. The Kier molecular flexibility index (Phi) is 10.0. The molecule has 0 aliphatic heterocycles. The van der Waals surface area contributed by atoms with Crippen molar-refractivity contribution in [2.24, 2.45) is 0 Å². The first-order chi connectivity index (χ1) is 15.2. The fraction of sp³-hybridized carbons (Fsp3) is 0.524. The van der Waals surface area contributed by atoms with Crippen LogP contribution in [0.25, 0.3) is 0 Å². The smallest absolute Gasteiger partial charge is 0.359 e. The number of pyridine rings is 1. The summed E-state index contributed by atoms with van der Waals surface area (Å²) in [6, 6.07) is 4.75. The van der Waals surface area contributed by atoms with Gasteiger partial charge in [0.05, 0.1) is 43.8 Å². The highest BCUT2D eigenvalue weighted by Crippen LogP contribution is 2.14. The number of ether oxygens (including phenoxy) is 4. The molecule has 0 fully saturated rings. The van der Waals surface area contributed by atoms with E-state index < -0.39 is 11.6 Å². The number of methoxy groups -OCH3 is 1. The Morgan fingerprint density at radius 3 is 2.50 bits per heavy atom. The average Bonchev–Trinajstić information content (AvgIpc) is 3.10. The van der Waals surface area contributed by atoms with Gasteiger partial charge in [-0.05, 0) is 39.0 Å². The van der Waals surface area contributed by atoms with Gasteiger partial charge in [-0.1, -0.05) is 11.6 Å². The van der Waals surface area contributed by atoms with Crippen LogP contribution in [0.2, 0.25) is 5.02 Å². The first kappa shape index (κ1) is 25.7. The van der Waals surface area contributed by atoms with Gasteiger partial charge in [-0.25, -0.2) is 9.78 Å². The fourth-order valence-electron chi connectivity index (χ4n) is 2.45. The van der Waals surface area contributed by atoms with E-state index >= 15 is 0 Å². The van der Waals surface area contributed by atoms with E-state index in [4.69, 9.17) is 30.5 Å². The molecule has 2 heterocycles.